The summed E-state index contributed by atoms with van der Waals surface area (Å²) in [6.07, 6.45) is -1.53. The minimum Gasteiger partial charge on any atom is -0.736 e. The average Bonchev–Trinajstić information content (AvgIpc) is 2.80. The Morgan fingerprint density at radius 3 is 2.95 bits per heavy atom. The third-order valence-electron chi connectivity index (χ3n) is 1.73. The van der Waals surface area contributed by atoms with E-state index in [2.05, 4.69) is 36.0 Å². The first-order valence-corrected chi connectivity index (χ1v) is 5.19. The smallest absolute Gasteiger partial charge is 0.510 e. The molecule has 3 N–H and O–H groups in total. The monoisotopic (exact) mass is 293 g/mol. The molecule has 0 bridgehead atoms. The van der Waals surface area contributed by atoms with Crippen LogP contribution in [0.2, 0.25) is 0 Å². The molecule has 1 saturated heterocycles. The molecule has 1 atom stereocenters. The lowest BCUT2D eigenvalue weighted by Gasteiger charge is -2.24. The second kappa shape index (κ2) is 8.39. The Balaban J connectivity index is 1.97. The summed E-state index contributed by atoms with van der Waals surface area (Å²) in [6.45, 7) is 4.43. The molecule has 1 unspecified atom stereocenters. The lowest BCUT2D eigenvalue weighted by molar-refractivity contribution is -0.382. The molecule has 0 radical (unpaired) electrons. The van der Waals surface area contributed by atoms with Crippen molar-refractivity contribution in [2.24, 2.45) is 0 Å². The number of cyclic esters (lactones) is 2. The number of carbonyl (C=O) groups excluding carboxylic acids is 2. The number of carbonyl (C=O) groups is 2. The zero-order valence-corrected chi connectivity index (χ0v) is 10.4. The molecule has 0 aromatic carbocycles. The highest BCUT2D eigenvalue weighted by molar-refractivity contribution is 5.86. The molecule has 0 amide bonds. The van der Waals surface area contributed by atoms with Crippen molar-refractivity contribution in [2.75, 3.05) is 13.3 Å². The first kappa shape index (κ1) is 16.3. The largest absolute Gasteiger partial charge is 0.736 e. The number of hydrogen-bond acceptors (Lipinski definition) is 12. The van der Waals surface area contributed by atoms with Crippen molar-refractivity contribution in [3.8, 4) is 0 Å². The van der Waals surface area contributed by atoms with E-state index >= 15 is 0 Å². The van der Waals surface area contributed by atoms with Crippen LogP contribution >= 0.6 is 0 Å². The zero-order valence-electron chi connectivity index (χ0n) is 10.4. The molecular formula is C8H13N4O8-. The molecule has 1 heterocycles. The van der Waals surface area contributed by atoms with Gasteiger partial charge < -0.3 is 19.5 Å². The van der Waals surface area contributed by atoms with Gasteiger partial charge in [0.05, 0.1) is 0 Å². The molecule has 1 rings (SSSR count). The fraction of sp³-hybridized carbons (Fsp3) is 0.500. The number of rotatable bonds is 9. The second-order valence-corrected chi connectivity index (χ2v) is 3.33. The normalized spacial score (nSPS) is 17.8. The van der Waals surface area contributed by atoms with E-state index in [1.807, 2.05) is 5.59 Å². The number of hydrogen-bond donors (Lipinski definition) is 3. The highest BCUT2D eigenvalue weighted by atomic mass is 17.2. The summed E-state index contributed by atoms with van der Waals surface area (Å²) >= 11 is 0. The minimum absolute atomic E-state index is 0.00142. The number of hydrazine groups is 1. The van der Waals surface area contributed by atoms with Crippen LogP contribution in [0.3, 0.4) is 0 Å². The van der Waals surface area contributed by atoms with E-state index in [0.29, 0.717) is 0 Å². The van der Waals surface area contributed by atoms with Crippen LogP contribution in [0.1, 0.15) is 6.92 Å². The van der Waals surface area contributed by atoms with Crippen molar-refractivity contribution in [3.05, 3.63) is 17.4 Å². The Hall–Kier alpha value is -1.80. The maximum Gasteiger partial charge on any atom is 0.510 e. The Bertz CT molecular complexity index is 364. The van der Waals surface area contributed by atoms with Gasteiger partial charge in [-0.2, -0.15) is 4.94 Å². The van der Waals surface area contributed by atoms with Crippen LogP contribution < -0.4 is 16.5 Å². The van der Waals surface area contributed by atoms with Crippen molar-refractivity contribution >= 4 is 12.1 Å². The summed E-state index contributed by atoms with van der Waals surface area (Å²) in [7, 11) is 0. The SMILES string of the molecule is C=C(C)C(=O)ONNON([O-])OCNC1COC(=O)O1. The molecule has 0 spiro atoms. The molecule has 0 aromatic heterocycles. The first-order chi connectivity index (χ1) is 9.49. The van der Waals surface area contributed by atoms with E-state index < -0.39 is 18.4 Å². The van der Waals surface area contributed by atoms with Crippen LogP contribution in [0.4, 0.5) is 4.79 Å². The van der Waals surface area contributed by atoms with Crippen LogP contribution in [0.15, 0.2) is 12.2 Å². The van der Waals surface area contributed by atoms with Crippen molar-refractivity contribution in [1.82, 2.24) is 21.9 Å². The van der Waals surface area contributed by atoms with Crippen LogP contribution in [0, 0.1) is 5.21 Å². The van der Waals surface area contributed by atoms with Gasteiger partial charge in [0.25, 0.3) is 0 Å². The van der Waals surface area contributed by atoms with Gasteiger partial charge >= 0.3 is 12.1 Å². The zero-order chi connectivity index (χ0) is 15.0. The molecule has 12 nitrogen and oxygen atoms in total. The topological polar surface area (TPSA) is 143 Å². The molecule has 20 heavy (non-hydrogen) atoms. The van der Waals surface area contributed by atoms with Gasteiger partial charge in [0.15, 0.2) is 6.23 Å². The Labute approximate surface area is 112 Å². The molecule has 0 aliphatic carbocycles. The van der Waals surface area contributed by atoms with E-state index in [1.54, 1.807) is 5.59 Å². The fourth-order valence-corrected chi connectivity index (χ4v) is 0.848. The molecule has 1 aliphatic heterocycles. The van der Waals surface area contributed by atoms with Gasteiger partial charge in [-0.3, -0.25) is 10.2 Å². The highest BCUT2D eigenvalue weighted by Gasteiger charge is 2.24. The highest BCUT2D eigenvalue weighted by Crippen LogP contribution is 2.02. The molecule has 0 aromatic rings. The lowest BCUT2D eigenvalue weighted by Crippen LogP contribution is -2.41. The first-order valence-electron chi connectivity index (χ1n) is 5.19. The summed E-state index contributed by atoms with van der Waals surface area (Å²) in [4.78, 5) is 34.3. The van der Waals surface area contributed by atoms with Gasteiger partial charge in [-0.15, -0.1) is 5.39 Å². The van der Waals surface area contributed by atoms with Crippen LogP contribution in [-0.2, 0) is 28.9 Å². The predicted octanol–water partition coefficient (Wildman–Crippen LogP) is -1.27. The van der Waals surface area contributed by atoms with E-state index in [9.17, 15) is 14.8 Å². The van der Waals surface area contributed by atoms with E-state index in [4.69, 9.17) is 0 Å². The molecule has 114 valence electrons. The number of nitrogens with zero attached hydrogens (tertiary/aromatic N) is 1. The quantitative estimate of drug-likeness (QED) is 0.153. The van der Waals surface area contributed by atoms with Crippen LogP contribution in [0.25, 0.3) is 0 Å². The van der Waals surface area contributed by atoms with Crippen molar-refractivity contribution < 1.29 is 33.7 Å². The Morgan fingerprint density at radius 1 is 1.60 bits per heavy atom. The Kier molecular flexibility index (Phi) is 6.82. The summed E-state index contributed by atoms with van der Waals surface area (Å²) in [5.41, 5.74) is 3.74. The minimum atomic E-state index is -0.817. The number of ether oxygens (including phenoxy) is 2. The predicted molar refractivity (Wildman–Crippen MR) is 58.8 cm³/mol. The molecule has 1 fully saturated rings. The van der Waals surface area contributed by atoms with Gasteiger partial charge in [-0.25, -0.2) is 9.59 Å². The summed E-state index contributed by atoms with van der Waals surface area (Å²) in [5.74, 6) is -0.746. The van der Waals surface area contributed by atoms with Crippen molar-refractivity contribution in [3.63, 3.8) is 0 Å². The lowest BCUT2D eigenvalue weighted by atomic mass is 10.4. The van der Waals surface area contributed by atoms with E-state index in [0.717, 1.165) is 0 Å². The second-order valence-electron chi connectivity index (χ2n) is 3.33. The number of nitrogens with one attached hydrogen (secondary N) is 3. The standard InChI is InChI=1S/C8H13N4O8/c1-5(2)7(13)19-10-11-20-12(15)17-4-9-6-3-16-8(14)18-6/h6,9-11H,1,3-4H2,2H3/q-1. The van der Waals surface area contributed by atoms with Gasteiger partial charge in [-0.05, 0) is 6.92 Å². The van der Waals surface area contributed by atoms with E-state index in [1.165, 1.54) is 6.92 Å². The molecule has 1 aliphatic rings. The summed E-state index contributed by atoms with van der Waals surface area (Å²) in [6, 6.07) is 0. The fourth-order valence-electron chi connectivity index (χ4n) is 0.848. The maximum atomic E-state index is 10.9. The van der Waals surface area contributed by atoms with Gasteiger partial charge in [0.2, 0.25) is 0 Å². The van der Waals surface area contributed by atoms with Crippen LogP contribution in [-0.4, -0.2) is 37.1 Å². The van der Waals surface area contributed by atoms with Crippen molar-refractivity contribution in [2.45, 2.75) is 13.2 Å². The third-order valence-corrected chi connectivity index (χ3v) is 1.73. The molecule has 12 heteroatoms. The Morgan fingerprint density at radius 2 is 2.35 bits per heavy atom. The van der Waals surface area contributed by atoms with Crippen molar-refractivity contribution in [1.29, 1.82) is 0 Å². The molecular weight excluding hydrogens is 280 g/mol. The van der Waals surface area contributed by atoms with E-state index in [-0.39, 0.29) is 24.3 Å². The maximum absolute atomic E-state index is 10.9. The van der Waals surface area contributed by atoms with Gasteiger partial charge in [0, 0.05) is 5.57 Å². The van der Waals surface area contributed by atoms with Gasteiger partial charge in [0.1, 0.15) is 13.3 Å². The van der Waals surface area contributed by atoms with Gasteiger partial charge in [-0.1, -0.05) is 17.8 Å². The molecule has 0 saturated carbocycles. The summed E-state index contributed by atoms with van der Waals surface area (Å²) in [5, 5.41) is 13.1. The average molecular weight is 293 g/mol. The third kappa shape index (κ3) is 6.39. The summed E-state index contributed by atoms with van der Waals surface area (Å²) < 4.78 is 9.05. The van der Waals surface area contributed by atoms with Crippen LogP contribution in [0.5, 0.6) is 0 Å².